The first-order chi connectivity index (χ1) is 13.1. The van der Waals surface area contributed by atoms with Crippen LogP contribution in [0.2, 0.25) is 0 Å². The molecule has 1 aliphatic heterocycles. The van der Waals surface area contributed by atoms with Gasteiger partial charge < -0.3 is 19.9 Å². The van der Waals surface area contributed by atoms with Gasteiger partial charge >= 0.3 is 0 Å². The third-order valence-corrected chi connectivity index (χ3v) is 4.36. The van der Waals surface area contributed by atoms with Gasteiger partial charge in [0.25, 0.3) is 5.91 Å². The summed E-state index contributed by atoms with van der Waals surface area (Å²) in [5.74, 6) is 1.62. The fourth-order valence-electron chi connectivity index (χ4n) is 2.98. The normalized spacial score (nSPS) is 14.0. The lowest BCUT2D eigenvalue weighted by atomic mass is 10.1. The molecule has 0 unspecified atom stereocenters. The predicted octanol–water partition coefficient (Wildman–Crippen LogP) is 2.58. The zero-order valence-electron chi connectivity index (χ0n) is 16.1. The molecule has 0 spiro atoms. The summed E-state index contributed by atoms with van der Waals surface area (Å²) in [6.45, 7) is 4.36. The monoisotopic (exact) mass is 370 g/mol. The van der Waals surface area contributed by atoms with Gasteiger partial charge in [-0.2, -0.15) is 4.98 Å². The van der Waals surface area contributed by atoms with Gasteiger partial charge in [-0.1, -0.05) is 0 Å². The minimum Gasteiger partial charge on any atom is -0.478 e. The van der Waals surface area contributed by atoms with E-state index in [4.69, 9.17) is 4.74 Å². The summed E-state index contributed by atoms with van der Waals surface area (Å²) < 4.78 is 5.31. The first-order valence-electron chi connectivity index (χ1n) is 9.28. The molecular formula is C19H26N6O2. The Hall–Kier alpha value is -2.90. The first kappa shape index (κ1) is 18.9. The summed E-state index contributed by atoms with van der Waals surface area (Å²) in [6.07, 6.45) is 6.74. The molecule has 2 aromatic heterocycles. The number of anilines is 3. The molecule has 3 heterocycles. The summed E-state index contributed by atoms with van der Waals surface area (Å²) >= 11 is 0. The molecule has 3 rings (SSSR count). The predicted molar refractivity (Wildman–Crippen MR) is 106 cm³/mol. The molecule has 2 aromatic rings. The van der Waals surface area contributed by atoms with Crippen LogP contribution in [0, 0.1) is 0 Å². The highest BCUT2D eigenvalue weighted by Gasteiger charge is 2.18. The van der Waals surface area contributed by atoms with E-state index in [-0.39, 0.29) is 5.91 Å². The molecule has 1 fully saturated rings. The minimum absolute atomic E-state index is 0.261. The number of carbonyl (C=O) groups excluding carboxylic acids is 1. The number of ether oxygens (including phenoxy) is 1. The second-order valence-corrected chi connectivity index (χ2v) is 6.62. The Morgan fingerprint density at radius 3 is 2.59 bits per heavy atom. The Kier molecular flexibility index (Phi) is 6.05. The second-order valence-electron chi connectivity index (χ2n) is 6.62. The molecule has 0 saturated carbocycles. The Labute approximate surface area is 159 Å². The maximum absolute atomic E-state index is 12.6. The van der Waals surface area contributed by atoms with Crippen LogP contribution in [-0.4, -0.2) is 54.7 Å². The van der Waals surface area contributed by atoms with Gasteiger partial charge in [-0.05, 0) is 32.3 Å². The Bertz CT molecular complexity index is 772. The average molecular weight is 370 g/mol. The number of nitrogens with zero attached hydrogens (tertiary/aromatic N) is 5. The van der Waals surface area contributed by atoms with Crippen molar-refractivity contribution in [3.8, 4) is 5.88 Å². The van der Waals surface area contributed by atoms with Crippen molar-refractivity contribution >= 4 is 23.4 Å². The molecule has 8 nitrogen and oxygen atoms in total. The highest BCUT2D eigenvalue weighted by Crippen LogP contribution is 2.25. The number of aromatic nitrogens is 3. The van der Waals surface area contributed by atoms with Crippen molar-refractivity contribution in [2.45, 2.75) is 26.2 Å². The van der Waals surface area contributed by atoms with E-state index in [0.717, 1.165) is 25.9 Å². The largest absolute Gasteiger partial charge is 0.478 e. The fraction of sp³-hybridized carbons (Fsp3) is 0.474. The standard InChI is InChI=1S/C19H26N6O2/c1-4-27-16-9-8-14(12-20-16)18(26)22-15-13-21-19(23-17(15)24(2)3)25-10-6-5-7-11-25/h8-9,12-13H,4-7,10-11H2,1-3H3,(H,22,26). The van der Waals surface area contributed by atoms with E-state index in [1.54, 1.807) is 18.3 Å². The average Bonchev–Trinajstić information content (AvgIpc) is 2.69. The van der Waals surface area contributed by atoms with Gasteiger partial charge in [-0.3, -0.25) is 4.79 Å². The number of hydrogen-bond acceptors (Lipinski definition) is 7. The SMILES string of the molecule is CCOc1ccc(C(=O)Nc2cnc(N3CCCCC3)nc2N(C)C)cn1. The van der Waals surface area contributed by atoms with E-state index < -0.39 is 0 Å². The number of piperidine rings is 1. The van der Waals surface area contributed by atoms with Crippen LogP contribution in [0.3, 0.4) is 0 Å². The molecule has 1 amide bonds. The van der Waals surface area contributed by atoms with Crippen molar-refractivity contribution < 1.29 is 9.53 Å². The van der Waals surface area contributed by atoms with E-state index in [2.05, 4.69) is 25.2 Å². The van der Waals surface area contributed by atoms with Crippen LogP contribution in [0.25, 0.3) is 0 Å². The quantitative estimate of drug-likeness (QED) is 0.837. The van der Waals surface area contributed by atoms with Crippen molar-refractivity contribution in [1.82, 2.24) is 15.0 Å². The zero-order chi connectivity index (χ0) is 19.2. The summed E-state index contributed by atoms with van der Waals surface area (Å²) in [5.41, 5.74) is 1.02. The van der Waals surface area contributed by atoms with Crippen LogP contribution in [0.1, 0.15) is 36.5 Å². The molecule has 0 aliphatic carbocycles. The van der Waals surface area contributed by atoms with Crippen molar-refractivity contribution in [3.63, 3.8) is 0 Å². The fourth-order valence-corrected chi connectivity index (χ4v) is 2.98. The summed E-state index contributed by atoms with van der Waals surface area (Å²) in [5, 5.41) is 2.88. The van der Waals surface area contributed by atoms with Crippen molar-refractivity contribution in [3.05, 3.63) is 30.1 Å². The first-order valence-corrected chi connectivity index (χ1v) is 9.28. The molecule has 0 atom stereocenters. The van der Waals surface area contributed by atoms with Gasteiger partial charge in [-0.25, -0.2) is 9.97 Å². The van der Waals surface area contributed by atoms with Gasteiger partial charge in [0.05, 0.1) is 18.4 Å². The molecular weight excluding hydrogens is 344 g/mol. The van der Waals surface area contributed by atoms with Crippen LogP contribution in [0.15, 0.2) is 24.5 Å². The van der Waals surface area contributed by atoms with Crippen molar-refractivity contribution in [1.29, 1.82) is 0 Å². The second kappa shape index (κ2) is 8.66. The Morgan fingerprint density at radius 1 is 1.19 bits per heavy atom. The van der Waals surface area contributed by atoms with Crippen LogP contribution >= 0.6 is 0 Å². The van der Waals surface area contributed by atoms with E-state index in [0.29, 0.717) is 35.5 Å². The maximum Gasteiger partial charge on any atom is 0.257 e. The lowest BCUT2D eigenvalue weighted by molar-refractivity contribution is 0.102. The Morgan fingerprint density at radius 2 is 1.96 bits per heavy atom. The molecule has 8 heteroatoms. The van der Waals surface area contributed by atoms with Gasteiger partial charge in [0, 0.05) is 39.4 Å². The third-order valence-electron chi connectivity index (χ3n) is 4.36. The van der Waals surface area contributed by atoms with E-state index >= 15 is 0 Å². The van der Waals surface area contributed by atoms with Gasteiger partial charge in [0.1, 0.15) is 5.69 Å². The van der Waals surface area contributed by atoms with Gasteiger partial charge in [0.2, 0.25) is 11.8 Å². The van der Waals surface area contributed by atoms with Crippen LogP contribution in [0.5, 0.6) is 5.88 Å². The number of pyridine rings is 1. The lowest BCUT2D eigenvalue weighted by Gasteiger charge is -2.28. The highest BCUT2D eigenvalue weighted by molar-refractivity contribution is 6.05. The summed E-state index contributed by atoms with van der Waals surface area (Å²) in [4.78, 5) is 29.9. The molecule has 27 heavy (non-hydrogen) atoms. The van der Waals surface area contributed by atoms with Crippen LogP contribution < -0.4 is 19.9 Å². The smallest absolute Gasteiger partial charge is 0.257 e. The van der Waals surface area contributed by atoms with E-state index in [1.165, 1.54) is 12.6 Å². The Balaban J connectivity index is 1.77. The lowest BCUT2D eigenvalue weighted by Crippen LogP contribution is -2.31. The molecule has 1 aliphatic rings. The topological polar surface area (TPSA) is 83.5 Å². The third kappa shape index (κ3) is 4.64. The summed E-state index contributed by atoms with van der Waals surface area (Å²) in [6, 6.07) is 3.37. The number of hydrogen-bond donors (Lipinski definition) is 1. The van der Waals surface area contributed by atoms with Gasteiger partial charge in [-0.15, -0.1) is 0 Å². The van der Waals surface area contributed by atoms with Crippen LogP contribution in [0.4, 0.5) is 17.5 Å². The highest BCUT2D eigenvalue weighted by atomic mass is 16.5. The van der Waals surface area contributed by atoms with Crippen LogP contribution in [-0.2, 0) is 0 Å². The molecule has 0 bridgehead atoms. The minimum atomic E-state index is -0.261. The number of nitrogens with one attached hydrogen (secondary N) is 1. The number of rotatable bonds is 6. The molecule has 0 aromatic carbocycles. The molecule has 1 N–H and O–H groups in total. The molecule has 144 valence electrons. The number of carbonyl (C=O) groups is 1. The van der Waals surface area contributed by atoms with Crippen molar-refractivity contribution in [2.24, 2.45) is 0 Å². The van der Waals surface area contributed by atoms with Crippen molar-refractivity contribution in [2.75, 3.05) is 48.9 Å². The number of amides is 1. The maximum atomic E-state index is 12.6. The van der Waals surface area contributed by atoms with E-state index in [1.807, 2.05) is 25.9 Å². The summed E-state index contributed by atoms with van der Waals surface area (Å²) in [7, 11) is 3.80. The van der Waals surface area contributed by atoms with Gasteiger partial charge in [0.15, 0.2) is 5.82 Å². The molecule has 0 radical (unpaired) electrons. The van der Waals surface area contributed by atoms with E-state index in [9.17, 15) is 4.79 Å². The zero-order valence-corrected chi connectivity index (χ0v) is 16.1. The molecule has 1 saturated heterocycles.